The Hall–Kier alpha value is -3.85. The summed E-state index contributed by atoms with van der Waals surface area (Å²) in [5, 5.41) is 3.19. The molecule has 4 rings (SSSR count). The van der Waals surface area contributed by atoms with Crippen molar-refractivity contribution in [1.82, 2.24) is 14.9 Å². The zero-order valence-electron chi connectivity index (χ0n) is 19.6. The Labute approximate surface area is 199 Å². The molecule has 0 bridgehead atoms. The van der Waals surface area contributed by atoms with Crippen LogP contribution in [0.3, 0.4) is 0 Å². The molecule has 1 saturated heterocycles. The molecule has 0 aliphatic carbocycles. The van der Waals surface area contributed by atoms with Crippen molar-refractivity contribution in [2.24, 2.45) is 5.73 Å². The normalized spacial score (nSPS) is 14.5. The van der Waals surface area contributed by atoms with Gasteiger partial charge >= 0.3 is 0 Å². The van der Waals surface area contributed by atoms with Crippen molar-refractivity contribution in [2.45, 2.75) is 19.8 Å². The van der Waals surface area contributed by atoms with Crippen molar-refractivity contribution in [1.29, 1.82) is 0 Å². The Balaban J connectivity index is 1.59. The van der Waals surface area contributed by atoms with E-state index in [1.54, 1.807) is 24.3 Å². The number of nitrogens with two attached hydrogens (primary N) is 2. The number of aryl methyl sites for hydroxylation is 1. The van der Waals surface area contributed by atoms with E-state index in [1.165, 1.54) is 0 Å². The number of hydrogen-bond donors (Lipinski definition) is 3. The summed E-state index contributed by atoms with van der Waals surface area (Å²) in [6, 6.07) is 15.1. The van der Waals surface area contributed by atoms with Crippen molar-refractivity contribution in [2.75, 3.05) is 49.2 Å². The number of nitrogens with zero attached hydrogens (tertiary/aromatic N) is 4. The SMILES string of the molecule is CCc1nc(C(N)=O)c(Nc2ccc(N3CCCN(C)CC3)cc2)nc1Oc1cccc(N)c1. The number of hydrogen-bond acceptors (Lipinski definition) is 8. The molecule has 178 valence electrons. The zero-order chi connectivity index (χ0) is 24.1. The van der Waals surface area contributed by atoms with Crippen LogP contribution in [0.2, 0.25) is 0 Å². The minimum absolute atomic E-state index is 0.0661. The second-order valence-electron chi connectivity index (χ2n) is 8.38. The number of aromatic nitrogens is 2. The summed E-state index contributed by atoms with van der Waals surface area (Å²) in [7, 11) is 2.16. The molecule has 2 heterocycles. The molecule has 34 heavy (non-hydrogen) atoms. The Morgan fingerprint density at radius 2 is 1.88 bits per heavy atom. The molecule has 0 saturated carbocycles. The quantitative estimate of drug-likeness (QED) is 0.458. The number of benzene rings is 2. The van der Waals surface area contributed by atoms with Gasteiger partial charge in [-0.3, -0.25) is 4.79 Å². The van der Waals surface area contributed by atoms with Crippen LogP contribution >= 0.6 is 0 Å². The molecule has 1 amide bonds. The van der Waals surface area contributed by atoms with Crippen molar-refractivity contribution in [3.63, 3.8) is 0 Å². The Morgan fingerprint density at radius 1 is 1.09 bits per heavy atom. The maximum Gasteiger partial charge on any atom is 0.271 e. The van der Waals surface area contributed by atoms with Crippen molar-refractivity contribution >= 4 is 28.8 Å². The molecule has 1 aliphatic rings. The minimum Gasteiger partial charge on any atom is -0.437 e. The Morgan fingerprint density at radius 3 is 2.59 bits per heavy atom. The van der Waals surface area contributed by atoms with E-state index < -0.39 is 5.91 Å². The number of carbonyl (C=O) groups is 1. The topological polar surface area (TPSA) is 123 Å². The van der Waals surface area contributed by atoms with Crippen LogP contribution in [0.1, 0.15) is 29.5 Å². The van der Waals surface area contributed by atoms with Crippen LogP contribution in [0.5, 0.6) is 11.6 Å². The van der Waals surface area contributed by atoms with Gasteiger partial charge in [-0.1, -0.05) is 13.0 Å². The van der Waals surface area contributed by atoms with Gasteiger partial charge in [0.1, 0.15) is 11.4 Å². The van der Waals surface area contributed by atoms with Crippen molar-refractivity contribution in [3.05, 3.63) is 59.9 Å². The number of likely N-dealkylation sites (N-methyl/N-ethyl adjacent to an activating group) is 1. The lowest BCUT2D eigenvalue weighted by atomic mass is 10.2. The van der Waals surface area contributed by atoms with Crippen LogP contribution in [0.25, 0.3) is 0 Å². The minimum atomic E-state index is -0.662. The molecule has 1 fully saturated rings. The first-order valence-electron chi connectivity index (χ1n) is 11.5. The van der Waals surface area contributed by atoms with Gasteiger partial charge in [-0.25, -0.2) is 4.98 Å². The number of nitrogen functional groups attached to an aromatic ring is 1. The first-order valence-corrected chi connectivity index (χ1v) is 11.5. The van der Waals surface area contributed by atoms with Gasteiger partial charge in [0.15, 0.2) is 11.5 Å². The second-order valence-corrected chi connectivity index (χ2v) is 8.38. The fourth-order valence-corrected chi connectivity index (χ4v) is 3.91. The van der Waals surface area contributed by atoms with Crippen molar-refractivity contribution in [3.8, 4) is 11.6 Å². The standard InChI is InChI=1S/C25H31N7O2/c1-3-21-25(34-20-7-4-6-17(26)16-20)30-24(22(29-21)23(27)33)28-18-8-10-19(11-9-18)32-13-5-12-31(2)14-15-32/h4,6-11,16H,3,5,12-15,26H2,1-2H3,(H2,27,33)(H,28,30). The smallest absolute Gasteiger partial charge is 0.271 e. The van der Waals surface area contributed by atoms with Crippen LogP contribution in [0, 0.1) is 0 Å². The molecule has 9 heteroatoms. The molecule has 0 radical (unpaired) electrons. The van der Waals surface area contributed by atoms with Gasteiger partial charge in [-0.05, 0) is 62.8 Å². The molecule has 1 aromatic heterocycles. The monoisotopic (exact) mass is 461 g/mol. The van der Waals surface area contributed by atoms with E-state index in [0.717, 1.165) is 44.0 Å². The van der Waals surface area contributed by atoms with E-state index in [4.69, 9.17) is 16.2 Å². The average molecular weight is 462 g/mol. The average Bonchev–Trinajstić information content (AvgIpc) is 3.04. The van der Waals surface area contributed by atoms with E-state index >= 15 is 0 Å². The molecule has 1 aliphatic heterocycles. The van der Waals surface area contributed by atoms with Gasteiger partial charge in [-0.2, -0.15) is 4.98 Å². The van der Waals surface area contributed by atoms with Crippen LogP contribution in [-0.4, -0.2) is 54.0 Å². The van der Waals surface area contributed by atoms with E-state index in [0.29, 0.717) is 29.4 Å². The lowest BCUT2D eigenvalue weighted by Crippen LogP contribution is -2.28. The molecule has 2 aromatic carbocycles. The van der Waals surface area contributed by atoms with Crippen LogP contribution in [0.4, 0.5) is 22.9 Å². The molecular weight excluding hydrogens is 430 g/mol. The lowest BCUT2D eigenvalue weighted by Gasteiger charge is -2.23. The molecule has 0 atom stereocenters. The van der Waals surface area contributed by atoms with Crippen LogP contribution < -0.4 is 26.4 Å². The van der Waals surface area contributed by atoms with Gasteiger partial charge in [0.2, 0.25) is 5.88 Å². The summed E-state index contributed by atoms with van der Waals surface area (Å²) < 4.78 is 5.96. The zero-order valence-corrected chi connectivity index (χ0v) is 19.6. The highest BCUT2D eigenvalue weighted by atomic mass is 16.5. The Kier molecular flexibility index (Phi) is 7.12. The number of rotatable bonds is 7. The van der Waals surface area contributed by atoms with Crippen LogP contribution in [-0.2, 0) is 6.42 Å². The maximum atomic E-state index is 12.1. The fourth-order valence-electron chi connectivity index (χ4n) is 3.91. The van der Waals surface area contributed by atoms with Gasteiger partial charge in [0, 0.05) is 42.8 Å². The maximum absolute atomic E-state index is 12.1. The number of nitrogens with one attached hydrogen (secondary N) is 1. The van der Waals surface area contributed by atoms with E-state index in [9.17, 15) is 4.79 Å². The number of amides is 1. The van der Waals surface area contributed by atoms with Gasteiger partial charge in [-0.15, -0.1) is 0 Å². The van der Waals surface area contributed by atoms with Gasteiger partial charge in [0.25, 0.3) is 5.91 Å². The number of carbonyl (C=O) groups excluding carboxylic acids is 1. The third kappa shape index (κ3) is 5.55. The largest absolute Gasteiger partial charge is 0.437 e. The predicted molar refractivity (Wildman–Crippen MR) is 135 cm³/mol. The first kappa shape index (κ1) is 23.3. The van der Waals surface area contributed by atoms with E-state index in [-0.39, 0.29) is 11.5 Å². The highest BCUT2D eigenvalue weighted by Crippen LogP contribution is 2.29. The van der Waals surface area contributed by atoms with E-state index in [1.807, 2.05) is 19.1 Å². The second kappa shape index (κ2) is 10.4. The first-order chi connectivity index (χ1) is 16.4. The summed E-state index contributed by atoms with van der Waals surface area (Å²) in [5.41, 5.74) is 14.6. The Bertz CT molecular complexity index is 1150. The van der Waals surface area contributed by atoms with E-state index in [2.05, 4.69) is 44.3 Å². The molecule has 9 nitrogen and oxygen atoms in total. The lowest BCUT2D eigenvalue weighted by molar-refractivity contribution is 0.0996. The summed E-state index contributed by atoms with van der Waals surface area (Å²) >= 11 is 0. The third-order valence-electron chi connectivity index (χ3n) is 5.79. The number of anilines is 4. The van der Waals surface area contributed by atoms with Gasteiger partial charge in [0.05, 0.1) is 0 Å². The predicted octanol–water partition coefficient (Wildman–Crippen LogP) is 3.40. The number of primary amides is 1. The molecular formula is C25H31N7O2. The summed E-state index contributed by atoms with van der Waals surface area (Å²) in [5.74, 6) is 0.415. The van der Waals surface area contributed by atoms with Gasteiger partial charge < -0.3 is 31.3 Å². The fraction of sp³-hybridized carbons (Fsp3) is 0.320. The summed E-state index contributed by atoms with van der Waals surface area (Å²) in [4.78, 5) is 25.9. The highest BCUT2D eigenvalue weighted by molar-refractivity contribution is 5.96. The highest BCUT2D eigenvalue weighted by Gasteiger charge is 2.19. The molecule has 5 N–H and O–H groups in total. The number of ether oxygens (including phenoxy) is 1. The van der Waals surface area contributed by atoms with Crippen molar-refractivity contribution < 1.29 is 9.53 Å². The summed E-state index contributed by atoms with van der Waals surface area (Å²) in [6.45, 7) is 6.07. The summed E-state index contributed by atoms with van der Waals surface area (Å²) in [6.07, 6.45) is 1.65. The molecule has 0 spiro atoms. The molecule has 3 aromatic rings. The third-order valence-corrected chi connectivity index (χ3v) is 5.79. The van der Waals surface area contributed by atoms with Crippen LogP contribution in [0.15, 0.2) is 48.5 Å². The molecule has 0 unspecified atom stereocenters.